The first-order valence-corrected chi connectivity index (χ1v) is 6.67. The molecule has 0 aliphatic rings. The molecule has 4 nitrogen and oxygen atoms in total. The van der Waals surface area contributed by atoms with Crippen LogP contribution in [0.15, 0.2) is 36.7 Å². The van der Waals surface area contributed by atoms with Gasteiger partial charge in [-0.3, -0.25) is 9.36 Å². The van der Waals surface area contributed by atoms with E-state index in [0.717, 1.165) is 16.6 Å². The number of aromatic nitrogens is 2. The van der Waals surface area contributed by atoms with Gasteiger partial charge in [0, 0.05) is 25.0 Å². The lowest BCUT2D eigenvalue weighted by atomic mass is 10.1. The standard InChI is InChI=1S/C15H17F2N3O/c1-3-11-4-6-12(7-5-11)14(21)19(2)10-13-18-8-9-20(13)15(16)17/h4-9,15H,3,10H2,1-2H3. The Morgan fingerprint density at radius 1 is 1.33 bits per heavy atom. The van der Waals surface area contributed by atoms with E-state index in [1.54, 1.807) is 19.2 Å². The van der Waals surface area contributed by atoms with Crippen molar-refractivity contribution in [3.8, 4) is 0 Å². The number of alkyl halides is 2. The van der Waals surface area contributed by atoms with Crippen molar-refractivity contribution in [1.82, 2.24) is 14.5 Å². The molecule has 0 saturated heterocycles. The van der Waals surface area contributed by atoms with Crippen molar-refractivity contribution in [2.75, 3.05) is 7.05 Å². The molecule has 0 bridgehead atoms. The van der Waals surface area contributed by atoms with Gasteiger partial charge in [0.25, 0.3) is 5.91 Å². The van der Waals surface area contributed by atoms with E-state index >= 15 is 0 Å². The number of nitrogens with zero attached hydrogens (tertiary/aromatic N) is 3. The number of hydrogen-bond acceptors (Lipinski definition) is 2. The molecule has 0 saturated carbocycles. The molecule has 1 amide bonds. The van der Waals surface area contributed by atoms with Crippen LogP contribution >= 0.6 is 0 Å². The summed E-state index contributed by atoms with van der Waals surface area (Å²) in [6, 6.07) is 7.27. The van der Waals surface area contributed by atoms with Crippen LogP contribution in [0.2, 0.25) is 0 Å². The second-order valence-corrected chi connectivity index (χ2v) is 4.74. The lowest BCUT2D eigenvalue weighted by molar-refractivity contribution is 0.0612. The molecule has 0 aliphatic carbocycles. The zero-order chi connectivity index (χ0) is 15.4. The largest absolute Gasteiger partial charge is 0.334 e. The number of aryl methyl sites for hydroxylation is 1. The second kappa shape index (κ2) is 6.47. The summed E-state index contributed by atoms with van der Waals surface area (Å²) in [5.41, 5.74) is 1.67. The number of benzene rings is 1. The molecular formula is C15H17F2N3O. The number of halogens is 2. The van der Waals surface area contributed by atoms with Crippen LogP contribution in [0.25, 0.3) is 0 Å². The smallest absolute Gasteiger partial charge is 0.319 e. The molecule has 112 valence electrons. The van der Waals surface area contributed by atoms with Gasteiger partial charge in [0.15, 0.2) is 0 Å². The summed E-state index contributed by atoms with van der Waals surface area (Å²) in [4.78, 5) is 17.5. The molecule has 0 aliphatic heterocycles. The van der Waals surface area contributed by atoms with Crippen LogP contribution in [0, 0.1) is 0 Å². The van der Waals surface area contributed by atoms with Crippen LogP contribution in [-0.2, 0) is 13.0 Å². The maximum Gasteiger partial charge on any atom is 0.319 e. The number of carbonyl (C=O) groups excluding carboxylic acids is 1. The van der Waals surface area contributed by atoms with Gasteiger partial charge in [-0.15, -0.1) is 0 Å². The van der Waals surface area contributed by atoms with Crippen molar-refractivity contribution < 1.29 is 13.6 Å². The molecule has 6 heteroatoms. The predicted molar refractivity (Wildman–Crippen MR) is 75.1 cm³/mol. The predicted octanol–water partition coefficient (Wildman–Crippen LogP) is 3.11. The Balaban J connectivity index is 2.10. The number of hydrogen-bond donors (Lipinski definition) is 0. The van der Waals surface area contributed by atoms with Crippen molar-refractivity contribution in [1.29, 1.82) is 0 Å². The third kappa shape index (κ3) is 3.45. The summed E-state index contributed by atoms with van der Waals surface area (Å²) < 4.78 is 26.2. The lowest BCUT2D eigenvalue weighted by Gasteiger charge is -2.17. The fraction of sp³-hybridized carbons (Fsp3) is 0.333. The van der Waals surface area contributed by atoms with Crippen molar-refractivity contribution in [2.24, 2.45) is 0 Å². The topological polar surface area (TPSA) is 38.1 Å². The molecule has 0 atom stereocenters. The summed E-state index contributed by atoms with van der Waals surface area (Å²) in [6.07, 6.45) is 3.40. The Kier molecular flexibility index (Phi) is 4.67. The first kappa shape index (κ1) is 15.2. The Labute approximate surface area is 122 Å². The van der Waals surface area contributed by atoms with E-state index in [4.69, 9.17) is 0 Å². The van der Waals surface area contributed by atoms with E-state index < -0.39 is 6.55 Å². The van der Waals surface area contributed by atoms with Gasteiger partial charge in [-0.2, -0.15) is 8.78 Å². The average Bonchev–Trinajstić information content (AvgIpc) is 2.95. The van der Waals surface area contributed by atoms with Crippen molar-refractivity contribution in [3.63, 3.8) is 0 Å². The van der Waals surface area contributed by atoms with Gasteiger partial charge in [-0.05, 0) is 24.1 Å². The van der Waals surface area contributed by atoms with E-state index in [1.807, 2.05) is 19.1 Å². The van der Waals surface area contributed by atoms with Gasteiger partial charge in [0.05, 0.1) is 6.54 Å². The molecule has 1 aromatic carbocycles. The van der Waals surface area contributed by atoms with Crippen molar-refractivity contribution in [3.05, 3.63) is 53.6 Å². The van der Waals surface area contributed by atoms with Gasteiger partial charge < -0.3 is 4.90 Å². The SMILES string of the molecule is CCc1ccc(C(=O)N(C)Cc2nccn2C(F)F)cc1. The van der Waals surface area contributed by atoms with Crippen LogP contribution in [-0.4, -0.2) is 27.4 Å². The minimum Gasteiger partial charge on any atom is -0.334 e. The first-order valence-electron chi connectivity index (χ1n) is 6.67. The number of imidazole rings is 1. The van der Waals surface area contributed by atoms with Gasteiger partial charge >= 0.3 is 6.55 Å². The fourth-order valence-electron chi connectivity index (χ4n) is 2.03. The lowest BCUT2D eigenvalue weighted by Crippen LogP contribution is -2.27. The Morgan fingerprint density at radius 3 is 2.57 bits per heavy atom. The Morgan fingerprint density at radius 2 is 2.00 bits per heavy atom. The van der Waals surface area contributed by atoms with E-state index in [1.165, 1.54) is 17.3 Å². The van der Waals surface area contributed by atoms with Gasteiger partial charge in [-0.25, -0.2) is 4.98 Å². The summed E-state index contributed by atoms with van der Waals surface area (Å²) in [7, 11) is 1.57. The van der Waals surface area contributed by atoms with Crippen LogP contribution in [0.3, 0.4) is 0 Å². The van der Waals surface area contributed by atoms with Crippen molar-refractivity contribution >= 4 is 5.91 Å². The number of amides is 1. The minimum absolute atomic E-state index is 0.0334. The van der Waals surface area contributed by atoms with Crippen LogP contribution < -0.4 is 0 Å². The minimum atomic E-state index is -2.66. The van der Waals surface area contributed by atoms with Crippen LogP contribution in [0.5, 0.6) is 0 Å². The molecule has 1 aromatic heterocycles. The molecule has 21 heavy (non-hydrogen) atoms. The first-order chi connectivity index (χ1) is 10.0. The molecule has 2 rings (SSSR count). The van der Waals surface area contributed by atoms with E-state index in [9.17, 15) is 13.6 Å². The fourth-order valence-corrected chi connectivity index (χ4v) is 2.03. The quantitative estimate of drug-likeness (QED) is 0.849. The third-order valence-corrected chi connectivity index (χ3v) is 3.29. The highest BCUT2D eigenvalue weighted by molar-refractivity contribution is 5.94. The van der Waals surface area contributed by atoms with Crippen molar-refractivity contribution in [2.45, 2.75) is 26.4 Å². The highest BCUT2D eigenvalue weighted by atomic mass is 19.3. The van der Waals surface area contributed by atoms with Crippen LogP contribution in [0.4, 0.5) is 8.78 Å². The van der Waals surface area contributed by atoms with Crippen LogP contribution in [0.1, 0.15) is 35.2 Å². The maximum atomic E-state index is 12.7. The summed E-state index contributed by atoms with van der Waals surface area (Å²) >= 11 is 0. The Bertz CT molecular complexity index is 608. The monoisotopic (exact) mass is 293 g/mol. The summed E-state index contributed by atoms with van der Waals surface area (Å²) in [5, 5.41) is 0. The highest BCUT2D eigenvalue weighted by Crippen LogP contribution is 2.15. The molecule has 0 spiro atoms. The normalized spacial score (nSPS) is 10.9. The molecule has 0 radical (unpaired) electrons. The van der Waals surface area contributed by atoms with Gasteiger partial charge in [0.1, 0.15) is 5.82 Å². The zero-order valence-electron chi connectivity index (χ0n) is 12.0. The number of carbonyl (C=O) groups is 1. The summed E-state index contributed by atoms with van der Waals surface area (Å²) in [6.45, 7) is -0.589. The van der Waals surface area contributed by atoms with E-state index in [2.05, 4.69) is 4.98 Å². The van der Waals surface area contributed by atoms with Gasteiger partial charge in [0.2, 0.25) is 0 Å². The average molecular weight is 293 g/mol. The third-order valence-electron chi connectivity index (χ3n) is 3.29. The van der Waals surface area contributed by atoms with E-state index in [-0.39, 0.29) is 18.3 Å². The Hall–Kier alpha value is -2.24. The maximum absolute atomic E-state index is 12.7. The molecular weight excluding hydrogens is 276 g/mol. The van der Waals surface area contributed by atoms with E-state index in [0.29, 0.717) is 5.56 Å². The second-order valence-electron chi connectivity index (χ2n) is 4.74. The molecule has 1 heterocycles. The zero-order valence-corrected chi connectivity index (χ0v) is 12.0. The number of rotatable bonds is 5. The molecule has 2 aromatic rings. The highest BCUT2D eigenvalue weighted by Gasteiger charge is 2.17. The molecule has 0 unspecified atom stereocenters. The van der Waals surface area contributed by atoms with Gasteiger partial charge in [-0.1, -0.05) is 19.1 Å². The molecule has 0 N–H and O–H groups in total. The molecule has 0 fully saturated rings. The summed E-state index contributed by atoms with van der Waals surface area (Å²) in [5.74, 6) is -0.0625.